The van der Waals surface area contributed by atoms with Gasteiger partial charge in [-0.05, 0) is 31.5 Å². The number of aliphatic hydroxyl groups is 1. The fourth-order valence-electron chi connectivity index (χ4n) is 2.19. The monoisotopic (exact) mass is 282 g/mol. The lowest BCUT2D eigenvalue weighted by atomic mass is 10.0. The molecule has 5 heteroatoms. The second-order valence-corrected chi connectivity index (χ2v) is 5.23. The first-order valence-electron chi connectivity index (χ1n) is 6.68. The number of aryl methyl sites for hydroxylation is 1. The van der Waals surface area contributed by atoms with E-state index in [1.54, 1.807) is 27.0 Å². The fraction of sp³-hybridized carbons (Fsp3) is 0.533. The lowest BCUT2D eigenvalue weighted by Crippen LogP contribution is -2.34. The summed E-state index contributed by atoms with van der Waals surface area (Å²) < 4.78 is 13.6. The zero-order chi connectivity index (χ0) is 15.4. The Balaban J connectivity index is 3.05. The molecule has 0 saturated heterocycles. The molecule has 1 aromatic rings. The summed E-state index contributed by atoms with van der Waals surface area (Å²) in [7, 11) is 3.43. The molecule has 0 aromatic heterocycles. The normalized spacial score (nSPS) is 13.8. The van der Waals surface area contributed by atoms with Gasteiger partial charge in [0.2, 0.25) is 5.91 Å². The molecule has 0 spiro atoms. The summed E-state index contributed by atoms with van der Waals surface area (Å²) in [6.07, 6.45) is -0.766. The Morgan fingerprint density at radius 1 is 1.45 bits per heavy atom. The minimum Gasteiger partial charge on any atom is -0.389 e. The number of aliphatic hydroxyl groups excluding tert-OH is 1. The van der Waals surface area contributed by atoms with Crippen LogP contribution in [0.2, 0.25) is 0 Å². The second-order valence-electron chi connectivity index (χ2n) is 5.23. The van der Waals surface area contributed by atoms with Crippen LogP contribution < -0.4 is 10.2 Å². The van der Waals surface area contributed by atoms with Crippen LogP contribution in [-0.4, -0.2) is 31.7 Å². The quantitative estimate of drug-likeness (QED) is 0.868. The summed E-state index contributed by atoms with van der Waals surface area (Å²) in [5.74, 6) is -0.580. The van der Waals surface area contributed by atoms with Crippen molar-refractivity contribution < 1.29 is 14.3 Å². The van der Waals surface area contributed by atoms with Gasteiger partial charge in [0.25, 0.3) is 0 Å². The predicted molar refractivity (Wildman–Crippen MR) is 78.3 cm³/mol. The van der Waals surface area contributed by atoms with Crippen molar-refractivity contribution >= 4 is 11.6 Å². The summed E-state index contributed by atoms with van der Waals surface area (Å²) in [6.45, 7) is 5.60. The molecule has 0 heterocycles. The SMILES string of the molecule is CNC(=O)C(C)CN(C)c1cc(C)c(F)cc1C(C)O. The number of carbonyl (C=O) groups excluding carboxylic acids is 1. The van der Waals surface area contributed by atoms with E-state index >= 15 is 0 Å². The van der Waals surface area contributed by atoms with E-state index < -0.39 is 6.10 Å². The summed E-state index contributed by atoms with van der Waals surface area (Å²) in [5.41, 5.74) is 1.79. The lowest BCUT2D eigenvalue weighted by Gasteiger charge is -2.26. The van der Waals surface area contributed by atoms with E-state index in [4.69, 9.17) is 0 Å². The number of anilines is 1. The molecule has 2 atom stereocenters. The Morgan fingerprint density at radius 3 is 2.55 bits per heavy atom. The number of halogens is 1. The van der Waals surface area contributed by atoms with Crippen molar-refractivity contribution in [2.45, 2.75) is 26.9 Å². The van der Waals surface area contributed by atoms with E-state index in [-0.39, 0.29) is 17.6 Å². The molecule has 0 saturated carbocycles. The van der Waals surface area contributed by atoms with Gasteiger partial charge < -0.3 is 15.3 Å². The number of carbonyl (C=O) groups is 1. The Hall–Kier alpha value is -1.62. The molecule has 0 bridgehead atoms. The number of benzene rings is 1. The molecule has 1 amide bonds. The zero-order valence-corrected chi connectivity index (χ0v) is 12.7. The maximum atomic E-state index is 13.6. The van der Waals surface area contributed by atoms with Crippen LogP contribution in [0.3, 0.4) is 0 Å². The first-order valence-corrected chi connectivity index (χ1v) is 6.68. The third-order valence-electron chi connectivity index (χ3n) is 3.41. The molecule has 0 aliphatic heterocycles. The first kappa shape index (κ1) is 16.4. The van der Waals surface area contributed by atoms with Crippen LogP contribution in [-0.2, 0) is 4.79 Å². The number of hydrogen-bond acceptors (Lipinski definition) is 3. The van der Waals surface area contributed by atoms with E-state index in [2.05, 4.69) is 5.32 Å². The maximum Gasteiger partial charge on any atom is 0.224 e. The van der Waals surface area contributed by atoms with Crippen LogP contribution in [0.4, 0.5) is 10.1 Å². The van der Waals surface area contributed by atoms with Gasteiger partial charge in [0.05, 0.1) is 12.0 Å². The zero-order valence-electron chi connectivity index (χ0n) is 12.7. The number of nitrogens with zero attached hydrogens (tertiary/aromatic N) is 1. The molecule has 2 unspecified atom stereocenters. The van der Waals surface area contributed by atoms with Crippen molar-refractivity contribution in [2.24, 2.45) is 5.92 Å². The van der Waals surface area contributed by atoms with Crippen LogP contribution in [0, 0.1) is 18.7 Å². The average Bonchev–Trinajstić information content (AvgIpc) is 2.39. The van der Waals surface area contributed by atoms with Crippen molar-refractivity contribution in [2.75, 3.05) is 25.5 Å². The van der Waals surface area contributed by atoms with Crippen molar-refractivity contribution in [3.8, 4) is 0 Å². The molecule has 20 heavy (non-hydrogen) atoms. The smallest absolute Gasteiger partial charge is 0.224 e. The lowest BCUT2D eigenvalue weighted by molar-refractivity contribution is -0.123. The van der Waals surface area contributed by atoms with Gasteiger partial charge in [0.1, 0.15) is 5.82 Å². The Labute approximate surface area is 119 Å². The van der Waals surface area contributed by atoms with E-state index in [1.807, 2.05) is 18.9 Å². The van der Waals surface area contributed by atoms with Crippen LogP contribution in [0.15, 0.2) is 12.1 Å². The minimum atomic E-state index is -0.766. The number of rotatable bonds is 5. The number of hydrogen-bond donors (Lipinski definition) is 2. The van der Waals surface area contributed by atoms with E-state index in [1.165, 1.54) is 6.07 Å². The highest BCUT2D eigenvalue weighted by atomic mass is 19.1. The third kappa shape index (κ3) is 3.70. The highest BCUT2D eigenvalue weighted by molar-refractivity contribution is 5.78. The molecule has 0 aliphatic rings. The van der Waals surface area contributed by atoms with Crippen LogP contribution in [0.25, 0.3) is 0 Å². The molecular weight excluding hydrogens is 259 g/mol. The Kier molecular flexibility index (Phi) is 5.51. The van der Waals surface area contributed by atoms with Gasteiger partial charge in [-0.1, -0.05) is 6.92 Å². The molecule has 0 radical (unpaired) electrons. The molecular formula is C15H23FN2O2. The number of nitrogens with one attached hydrogen (secondary N) is 1. The van der Waals surface area contributed by atoms with E-state index in [0.29, 0.717) is 17.7 Å². The van der Waals surface area contributed by atoms with Crippen molar-refractivity contribution in [1.82, 2.24) is 5.32 Å². The molecule has 2 N–H and O–H groups in total. The van der Waals surface area contributed by atoms with Gasteiger partial charge in [0.15, 0.2) is 0 Å². The summed E-state index contributed by atoms with van der Waals surface area (Å²) >= 11 is 0. The third-order valence-corrected chi connectivity index (χ3v) is 3.41. The van der Waals surface area contributed by atoms with E-state index in [9.17, 15) is 14.3 Å². The number of amides is 1. The summed E-state index contributed by atoms with van der Waals surface area (Å²) in [4.78, 5) is 13.4. The standard InChI is InChI=1S/C15H23FN2O2/c1-9-6-14(12(11(3)19)7-13(9)16)18(5)8-10(2)15(20)17-4/h6-7,10-11,19H,8H2,1-5H3,(H,17,20). The van der Waals surface area contributed by atoms with Gasteiger partial charge in [-0.25, -0.2) is 4.39 Å². The summed E-state index contributed by atoms with van der Waals surface area (Å²) in [5, 5.41) is 12.4. The Bertz CT molecular complexity index is 489. The first-order chi connectivity index (χ1) is 9.27. The van der Waals surface area contributed by atoms with Gasteiger partial charge in [-0.3, -0.25) is 4.79 Å². The highest BCUT2D eigenvalue weighted by Gasteiger charge is 2.19. The van der Waals surface area contributed by atoms with Crippen molar-refractivity contribution in [3.63, 3.8) is 0 Å². The topological polar surface area (TPSA) is 52.6 Å². The minimum absolute atomic E-state index is 0.0470. The van der Waals surface area contributed by atoms with E-state index in [0.717, 1.165) is 5.69 Å². The molecule has 1 aromatic carbocycles. The van der Waals surface area contributed by atoms with Gasteiger partial charge in [-0.2, -0.15) is 0 Å². The maximum absolute atomic E-state index is 13.6. The van der Waals surface area contributed by atoms with Gasteiger partial charge >= 0.3 is 0 Å². The van der Waals surface area contributed by atoms with Crippen LogP contribution in [0.5, 0.6) is 0 Å². The van der Waals surface area contributed by atoms with Crippen molar-refractivity contribution in [1.29, 1.82) is 0 Å². The molecule has 0 aliphatic carbocycles. The highest BCUT2D eigenvalue weighted by Crippen LogP contribution is 2.29. The molecule has 0 fully saturated rings. The second kappa shape index (κ2) is 6.70. The largest absolute Gasteiger partial charge is 0.389 e. The predicted octanol–water partition coefficient (Wildman–Crippen LogP) is 2.01. The molecule has 112 valence electrons. The van der Waals surface area contributed by atoms with Gasteiger partial charge in [0, 0.05) is 31.9 Å². The Morgan fingerprint density at radius 2 is 2.05 bits per heavy atom. The van der Waals surface area contributed by atoms with Crippen LogP contribution >= 0.6 is 0 Å². The van der Waals surface area contributed by atoms with Crippen LogP contribution in [0.1, 0.15) is 31.1 Å². The molecule has 4 nitrogen and oxygen atoms in total. The van der Waals surface area contributed by atoms with Crippen molar-refractivity contribution in [3.05, 3.63) is 29.1 Å². The van der Waals surface area contributed by atoms with Gasteiger partial charge in [-0.15, -0.1) is 0 Å². The summed E-state index contributed by atoms with van der Waals surface area (Å²) in [6, 6.07) is 3.06. The fourth-order valence-corrected chi connectivity index (χ4v) is 2.19. The molecule has 1 rings (SSSR count). The average molecular weight is 282 g/mol.